The van der Waals surface area contributed by atoms with E-state index in [-0.39, 0.29) is 0 Å². The fourth-order valence-electron chi connectivity index (χ4n) is 2.42. The van der Waals surface area contributed by atoms with Crippen molar-refractivity contribution in [2.24, 2.45) is 17.1 Å². The molecule has 0 aromatic rings. The van der Waals surface area contributed by atoms with Crippen molar-refractivity contribution in [1.82, 2.24) is 4.90 Å². The van der Waals surface area contributed by atoms with E-state index in [9.17, 15) is 0 Å². The van der Waals surface area contributed by atoms with Crippen LogP contribution in [0.2, 0.25) is 0 Å². The van der Waals surface area contributed by atoms with Gasteiger partial charge in [-0.2, -0.15) is 0 Å². The first kappa shape index (κ1) is 14.0. The zero-order valence-corrected chi connectivity index (χ0v) is 11.8. The molecule has 16 heavy (non-hydrogen) atoms. The molecule has 0 bridgehead atoms. The summed E-state index contributed by atoms with van der Waals surface area (Å²) in [6.07, 6.45) is 4.06. The lowest BCUT2D eigenvalue weighted by Gasteiger charge is -2.38. The van der Waals surface area contributed by atoms with Crippen LogP contribution >= 0.6 is 0 Å². The largest absolute Gasteiger partial charge is 0.329 e. The lowest BCUT2D eigenvalue weighted by molar-refractivity contribution is 0.114. The first-order valence-corrected chi connectivity index (χ1v) is 6.79. The molecule has 96 valence electrons. The fraction of sp³-hybridized carbons (Fsp3) is 1.00. The van der Waals surface area contributed by atoms with Crippen LogP contribution in [0.3, 0.4) is 0 Å². The maximum Gasteiger partial charge on any atom is 0.0226 e. The van der Waals surface area contributed by atoms with Crippen LogP contribution in [-0.2, 0) is 0 Å². The second-order valence-corrected chi connectivity index (χ2v) is 6.89. The Morgan fingerprint density at radius 2 is 1.81 bits per heavy atom. The highest BCUT2D eigenvalue weighted by molar-refractivity contribution is 4.85. The van der Waals surface area contributed by atoms with Gasteiger partial charge in [0.25, 0.3) is 0 Å². The first-order valence-electron chi connectivity index (χ1n) is 6.79. The van der Waals surface area contributed by atoms with Gasteiger partial charge in [-0.1, -0.05) is 20.8 Å². The van der Waals surface area contributed by atoms with E-state index in [2.05, 4.69) is 39.5 Å². The van der Waals surface area contributed by atoms with Crippen LogP contribution < -0.4 is 5.73 Å². The summed E-state index contributed by atoms with van der Waals surface area (Å²) in [4.78, 5) is 2.63. The molecule has 0 aliphatic heterocycles. The fourth-order valence-corrected chi connectivity index (χ4v) is 2.42. The lowest BCUT2D eigenvalue weighted by Crippen LogP contribution is -2.47. The summed E-state index contributed by atoms with van der Waals surface area (Å²) in [6.45, 7) is 13.6. The van der Waals surface area contributed by atoms with Gasteiger partial charge in [0.05, 0.1) is 0 Å². The Morgan fingerprint density at radius 3 is 2.12 bits per heavy atom. The van der Waals surface area contributed by atoms with Gasteiger partial charge in [0, 0.05) is 25.2 Å². The average molecular weight is 226 g/mol. The van der Waals surface area contributed by atoms with Crippen LogP contribution in [0.4, 0.5) is 0 Å². The van der Waals surface area contributed by atoms with Gasteiger partial charge in [0.2, 0.25) is 0 Å². The summed E-state index contributed by atoms with van der Waals surface area (Å²) >= 11 is 0. The van der Waals surface area contributed by atoms with E-state index in [4.69, 9.17) is 5.73 Å². The molecule has 1 fully saturated rings. The number of nitrogens with two attached hydrogens (primary N) is 1. The van der Waals surface area contributed by atoms with Crippen LogP contribution in [0, 0.1) is 11.3 Å². The molecule has 2 heteroatoms. The van der Waals surface area contributed by atoms with Crippen molar-refractivity contribution in [3.05, 3.63) is 0 Å². The highest BCUT2D eigenvalue weighted by atomic mass is 15.2. The molecule has 0 amide bonds. The second-order valence-electron chi connectivity index (χ2n) is 6.89. The van der Waals surface area contributed by atoms with E-state index < -0.39 is 0 Å². The normalized spacial score (nSPS) is 19.5. The third kappa shape index (κ3) is 4.84. The van der Waals surface area contributed by atoms with Crippen molar-refractivity contribution in [2.75, 3.05) is 13.1 Å². The minimum atomic E-state index is 0.376. The molecule has 0 saturated heterocycles. The molecule has 0 heterocycles. The maximum absolute atomic E-state index is 5.97. The van der Waals surface area contributed by atoms with Crippen molar-refractivity contribution >= 4 is 0 Å². The molecule has 1 aliphatic rings. The second kappa shape index (κ2) is 5.50. The monoisotopic (exact) mass is 226 g/mol. The van der Waals surface area contributed by atoms with Crippen LogP contribution in [0.15, 0.2) is 0 Å². The zero-order chi connectivity index (χ0) is 12.3. The quantitative estimate of drug-likeness (QED) is 0.754. The summed E-state index contributed by atoms with van der Waals surface area (Å²) in [5.41, 5.74) is 6.35. The van der Waals surface area contributed by atoms with Gasteiger partial charge in [0.15, 0.2) is 0 Å². The van der Waals surface area contributed by atoms with Crippen molar-refractivity contribution in [2.45, 2.75) is 66.0 Å². The van der Waals surface area contributed by atoms with Gasteiger partial charge in [0.1, 0.15) is 0 Å². The number of rotatable bonds is 6. The van der Waals surface area contributed by atoms with E-state index in [1.807, 2.05) is 0 Å². The lowest BCUT2D eigenvalue weighted by atomic mass is 9.87. The van der Waals surface area contributed by atoms with Crippen molar-refractivity contribution in [3.8, 4) is 0 Å². The molecule has 1 saturated carbocycles. The Kier molecular flexibility index (Phi) is 4.81. The van der Waals surface area contributed by atoms with Crippen LogP contribution in [0.25, 0.3) is 0 Å². The predicted octanol–water partition coefficient (Wildman–Crippen LogP) is 2.87. The van der Waals surface area contributed by atoms with E-state index >= 15 is 0 Å². The molecule has 0 radical (unpaired) electrons. The van der Waals surface area contributed by atoms with Gasteiger partial charge in [-0.3, -0.25) is 4.90 Å². The summed E-state index contributed by atoms with van der Waals surface area (Å²) in [5, 5.41) is 0. The van der Waals surface area contributed by atoms with E-state index in [0.29, 0.717) is 17.5 Å². The smallest absolute Gasteiger partial charge is 0.0226 e. The molecular weight excluding hydrogens is 196 g/mol. The number of hydrogen-bond acceptors (Lipinski definition) is 2. The van der Waals surface area contributed by atoms with Gasteiger partial charge in [-0.15, -0.1) is 0 Å². The van der Waals surface area contributed by atoms with Crippen molar-refractivity contribution < 1.29 is 0 Å². The SMILES string of the molecule is CC(C)N(CC1CC1)C(CN)CC(C)(C)C. The molecule has 1 rings (SSSR count). The van der Waals surface area contributed by atoms with Gasteiger partial charge in [-0.25, -0.2) is 0 Å². The first-order chi connectivity index (χ1) is 7.33. The van der Waals surface area contributed by atoms with Gasteiger partial charge >= 0.3 is 0 Å². The molecule has 0 aromatic carbocycles. The molecule has 1 aliphatic carbocycles. The topological polar surface area (TPSA) is 29.3 Å². The van der Waals surface area contributed by atoms with Crippen LogP contribution in [0.5, 0.6) is 0 Å². The molecule has 0 aromatic heterocycles. The standard InChI is InChI=1S/C14H30N2/c1-11(2)16(10-12-6-7-12)13(9-15)8-14(3,4)5/h11-13H,6-10,15H2,1-5H3. The average Bonchev–Trinajstić information content (AvgIpc) is 2.92. The van der Waals surface area contributed by atoms with E-state index in [1.54, 1.807) is 0 Å². The minimum Gasteiger partial charge on any atom is -0.329 e. The van der Waals surface area contributed by atoms with Crippen LogP contribution in [-0.4, -0.2) is 30.1 Å². The summed E-state index contributed by atoms with van der Waals surface area (Å²) < 4.78 is 0. The third-order valence-corrected chi connectivity index (χ3v) is 3.42. The van der Waals surface area contributed by atoms with E-state index in [1.165, 1.54) is 25.8 Å². The number of hydrogen-bond donors (Lipinski definition) is 1. The predicted molar refractivity (Wildman–Crippen MR) is 71.5 cm³/mol. The minimum absolute atomic E-state index is 0.376. The highest BCUT2D eigenvalue weighted by Crippen LogP contribution is 2.32. The maximum atomic E-state index is 5.97. The van der Waals surface area contributed by atoms with Crippen LogP contribution in [0.1, 0.15) is 53.9 Å². The highest BCUT2D eigenvalue weighted by Gasteiger charge is 2.30. The molecule has 0 spiro atoms. The third-order valence-electron chi connectivity index (χ3n) is 3.42. The van der Waals surface area contributed by atoms with Gasteiger partial charge < -0.3 is 5.73 Å². The molecule has 2 nitrogen and oxygen atoms in total. The Morgan fingerprint density at radius 1 is 1.25 bits per heavy atom. The summed E-state index contributed by atoms with van der Waals surface area (Å²) in [5.74, 6) is 0.955. The van der Waals surface area contributed by atoms with Crippen molar-refractivity contribution in [3.63, 3.8) is 0 Å². The van der Waals surface area contributed by atoms with E-state index in [0.717, 1.165) is 12.5 Å². The van der Waals surface area contributed by atoms with Crippen molar-refractivity contribution in [1.29, 1.82) is 0 Å². The molecule has 1 atom stereocenters. The summed E-state index contributed by atoms with van der Waals surface area (Å²) in [6, 6.07) is 1.18. The number of nitrogens with zero attached hydrogens (tertiary/aromatic N) is 1. The Balaban J connectivity index is 2.56. The summed E-state index contributed by atoms with van der Waals surface area (Å²) in [7, 11) is 0. The Bertz CT molecular complexity index is 201. The van der Waals surface area contributed by atoms with Gasteiger partial charge in [-0.05, 0) is 44.4 Å². The molecule has 1 unspecified atom stereocenters. The molecule has 2 N–H and O–H groups in total. The zero-order valence-electron chi connectivity index (χ0n) is 11.8. The molecular formula is C14H30N2. The Labute approximate surface area is 102 Å². The Hall–Kier alpha value is -0.0800.